The molecule has 1 saturated carbocycles. The van der Waals surface area contributed by atoms with Crippen LogP contribution in [-0.4, -0.2) is 36.6 Å². The number of fused-ring (bicyclic) bond motifs is 1. The van der Waals surface area contributed by atoms with E-state index in [9.17, 15) is 0 Å². The largest absolute Gasteiger partial charge is 0.311 e. The first-order chi connectivity index (χ1) is 7.74. The highest BCUT2D eigenvalue weighted by atomic mass is 15.1. The molecule has 0 bridgehead atoms. The first-order valence-corrected chi connectivity index (χ1v) is 6.87. The Bertz CT molecular complexity index is 286. The van der Waals surface area contributed by atoms with Gasteiger partial charge in [-0.2, -0.15) is 0 Å². The molecule has 0 radical (unpaired) electrons. The summed E-state index contributed by atoms with van der Waals surface area (Å²) in [6.45, 7) is 3.61. The van der Waals surface area contributed by atoms with Crippen molar-refractivity contribution in [3.8, 4) is 0 Å². The molecule has 0 aromatic heterocycles. The maximum Gasteiger partial charge on any atom is 0.0138 e. The number of likely N-dealkylation sites (tertiary alicyclic amines) is 1. The van der Waals surface area contributed by atoms with Crippen molar-refractivity contribution in [3.63, 3.8) is 0 Å². The van der Waals surface area contributed by atoms with Crippen LogP contribution in [0.25, 0.3) is 0 Å². The van der Waals surface area contributed by atoms with Gasteiger partial charge in [0.1, 0.15) is 0 Å². The number of nitrogens with one attached hydrogen (secondary N) is 1. The summed E-state index contributed by atoms with van der Waals surface area (Å²) in [6, 6.07) is 2.32. The Morgan fingerprint density at radius 1 is 1.31 bits per heavy atom. The zero-order valence-corrected chi connectivity index (χ0v) is 10.5. The quantitative estimate of drug-likeness (QED) is 0.716. The second kappa shape index (κ2) is 4.15. The number of nitrogens with zero attached hydrogens (tertiary/aromatic N) is 1. The molecule has 3 aliphatic rings. The average Bonchev–Trinajstić information content (AvgIpc) is 2.61. The van der Waals surface area contributed by atoms with Crippen LogP contribution in [0.4, 0.5) is 0 Å². The molecule has 5 atom stereocenters. The number of rotatable bonds is 2. The van der Waals surface area contributed by atoms with Crippen molar-refractivity contribution in [1.29, 1.82) is 0 Å². The summed E-state index contributed by atoms with van der Waals surface area (Å²) >= 11 is 0. The Kier molecular flexibility index (Phi) is 2.80. The average molecular weight is 220 g/mol. The van der Waals surface area contributed by atoms with Crippen molar-refractivity contribution in [1.82, 2.24) is 10.2 Å². The monoisotopic (exact) mass is 220 g/mol. The Labute approximate surface area is 99.1 Å². The fourth-order valence-corrected chi connectivity index (χ4v) is 3.65. The molecule has 1 aliphatic heterocycles. The van der Waals surface area contributed by atoms with Gasteiger partial charge in [0, 0.05) is 18.1 Å². The molecule has 2 heteroatoms. The van der Waals surface area contributed by atoms with E-state index in [0.29, 0.717) is 0 Å². The molecule has 0 amide bonds. The number of piperidine rings is 1. The van der Waals surface area contributed by atoms with Crippen LogP contribution in [0.2, 0.25) is 0 Å². The van der Waals surface area contributed by atoms with Gasteiger partial charge in [0.2, 0.25) is 0 Å². The third kappa shape index (κ3) is 1.82. The molecule has 0 spiro atoms. The lowest BCUT2D eigenvalue weighted by atomic mass is 9.71. The molecular weight excluding hydrogens is 196 g/mol. The van der Waals surface area contributed by atoms with Gasteiger partial charge < -0.3 is 10.2 Å². The molecule has 90 valence electrons. The molecule has 0 aromatic rings. The molecule has 1 heterocycles. The van der Waals surface area contributed by atoms with Gasteiger partial charge in [0.05, 0.1) is 0 Å². The highest BCUT2D eigenvalue weighted by molar-refractivity contribution is 5.13. The van der Waals surface area contributed by atoms with Crippen molar-refractivity contribution >= 4 is 0 Å². The molecule has 2 fully saturated rings. The van der Waals surface area contributed by atoms with Crippen LogP contribution < -0.4 is 5.32 Å². The summed E-state index contributed by atoms with van der Waals surface area (Å²) in [5.41, 5.74) is 0. The highest BCUT2D eigenvalue weighted by Gasteiger charge is 2.42. The molecule has 5 unspecified atom stereocenters. The van der Waals surface area contributed by atoms with E-state index < -0.39 is 0 Å². The van der Waals surface area contributed by atoms with E-state index >= 15 is 0 Å². The van der Waals surface area contributed by atoms with Crippen molar-refractivity contribution in [2.45, 2.75) is 50.7 Å². The highest BCUT2D eigenvalue weighted by Crippen LogP contribution is 2.43. The van der Waals surface area contributed by atoms with Crippen molar-refractivity contribution in [2.24, 2.45) is 11.8 Å². The number of hydrogen-bond acceptors (Lipinski definition) is 2. The standard InChI is InChI=1S/C14H24N2/c1-10-8-12(6-7-16(10)2)15-14-9-11-4-3-5-13(11)14/h3,5,10-15H,4,6-9H2,1-2H3. The van der Waals surface area contributed by atoms with Gasteiger partial charge in [-0.15, -0.1) is 0 Å². The van der Waals surface area contributed by atoms with Gasteiger partial charge in [-0.1, -0.05) is 12.2 Å². The third-order valence-corrected chi connectivity index (χ3v) is 5.02. The molecule has 1 N–H and O–H groups in total. The molecule has 2 aliphatic carbocycles. The molecule has 16 heavy (non-hydrogen) atoms. The van der Waals surface area contributed by atoms with Gasteiger partial charge in [-0.05, 0) is 58.0 Å². The summed E-state index contributed by atoms with van der Waals surface area (Å²) in [6.07, 6.45) is 10.2. The number of allylic oxidation sites excluding steroid dienone is 1. The summed E-state index contributed by atoms with van der Waals surface area (Å²) in [4.78, 5) is 2.48. The van der Waals surface area contributed by atoms with E-state index in [1.807, 2.05) is 0 Å². The SMILES string of the molecule is CC1CC(NC2CC3CC=CC32)CCN1C. The lowest BCUT2D eigenvalue weighted by molar-refractivity contribution is 0.110. The maximum atomic E-state index is 3.90. The second-order valence-corrected chi connectivity index (χ2v) is 6.06. The van der Waals surface area contributed by atoms with Crippen LogP contribution in [-0.2, 0) is 0 Å². The van der Waals surface area contributed by atoms with Crippen LogP contribution in [0.3, 0.4) is 0 Å². The Balaban J connectivity index is 1.50. The summed E-state index contributed by atoms with van der Waals surface area (Å²) in [5, 5.41) is 3.90. The molecule has 1 saturated heterocycles. The topological polar surface area (TPSA) is 15.3 Å². The zero-order valence-electron chi connectivity index (χ0n) is 10.5. The van der Waals surface area contributed by atoms with Gasteiger partial charge in [0.25, 0.3) is 0 Å². The van der Waals surface area contributed by atoms with E-state index in [-0.39, 0.29) is 0 Å². The smallest absolute Gasteiger partial charge is 0.0138 e. The van der Waals surface area contributed by atoms with Gasteiger partial charge >= 0.3 is 0 Å². The molecule has 0 aromatic carbocycles. The van der Waals surface area contributed by atoms with E-state index in [0.717, 1.165) is 30.0 Å². The minimum atomic E-state index is 0.751. The van der Waals surface area contributed by atoms with Crippen LogP contribution >= 0.6 is 0 Å². The minimum absolute atomic E-state index is 0.751. The lowest BCUT2D eigenvalue weighted by Crippen LogP contribution is -2.55. The summed E-state index contributed by atoms with van der Waals surface area (Å²) in [5.74, 6) is 1.86. The van der Waals surface area contributed by atoms with Gasteiger partial charge in [-0.3, -0.25) is 0 Å². The zero-order chi connectivity index (χ0) is 11.1. The summed E-state index contributed by atoms with van der Waals surface area (Å²) in [7, 11) is 2.25. The van der Waals surface area contributed by atoms with E-state index in [1.54, 1.807) is 0 Å². The first kappa shape index (κ1) is 10.8. The fourth-order valence-electron chi connectivity index (χ4n) is 3.65. The van der Waals surface area contributed by atoms with Gasteiger partial charge in [-0.25, -0.2) is 0 Å². The predicted molar refractivity (Wildman–Crippen MR) is 67.4 cm³/mol. The Hall–Kier alpha value is -0.340. The van der Waals surface area contributed by atoms with Gasteiger partial charge in [0.15, 0.2) is 0 Å². The molecule has 2 nitrogen and oxygen atoms in total. The van der Waals surface area contributed by atoms with E-state index in [2.05, 4.69) is 36.3 Å². The van der Waals surface area contributed by atoms with Crippen LogP contribution in [0, 0.1) is 11.8 Å². The van der Waals surface area contributed by atoms with Crippen molar-refractivity contribution in [2.75, 3.05) is 13.6 Å². The molecule has 3 rings (SSSR count). The van der Waals surface area contributed by atoms with Crippen molar-refractivity contribution in [3.05, 3.63) is 12.2 Å². The Morgan fingerprint density at radius 2 is 2.19 bits per heavy atom. The minimum Gasteiger partial charge on any atom is -0.311 e. The van der Waals surface area contributed by atoms with Crippen LogP contribution in [0.15, 0.2) is 12.2 Å². The van der Waals surface area contributed by atoms with E-state index in [4.69, 9.17) is 0 Å². The Morgan fingerprint density at radius 3 is 2.94 bits per heavy atom. The fraction of sp³-hybridized carbons (Fsp3) is 0.857. The first-order valence-electron chi connectivity index (χ1n) is 6.87. The van der Waals surface area contributed by atoms with E-state index in [1.165, 1.54) is 32.2 Å². The molecular formula is C14H24N2. The number of hydrogen-bond donors (Lipinski definition) is 1. The summed E-state index contributed by atoms with van der Waals surface area (Å²) < 4.78 is 0. The second-order valence-electron chi connectivity index (χ2n) is 6.06. The lowest BCUT2D eigenvalue weighted by Gasteiger charge is -2.45. The predicted octanol–water partition coefficient (Wildman–Crippen LogP) is 2.02. The van der Waals surface area contributed by atoms with Crippen molar-refractivity contribution < 1.29 is 0 Å². The third-order valence-electron chi connectivity index (χ3n) is 5.02. The van der Waals surface area contributed by atoms with Crippen LogP contribution in [0.1, 0.15) is 32.6 Å². The normalized spacial score (nSPS) is 47.8. The maximum absolute atomic E-state index is 3.90. The van der Waals surface area contributed by atoms with Crippen LogP contribution in [0.5, 0.6) is 0 Å².